The monoisotopic (exact) mass is 307 g/mol. The summed E-state index contributed by atoms with van der Waals surface area (Å²) < 4.78 is 38.1. The molecule has 2 unspecified atom stereocenters. The zero-order valence-corrected chi connectivity index (χ0v) is 11.9. The Bertz CT molecular complexity index is 465. The Morgan fingerprint density at radius 1 is 1.20 bits per heavy atom. The van der Waals surface area contributed by atoms with Gasteiger partial charge in [-0.2, -0.15) is 13.2 Å². The van der Waals surface area contributed by atoms with Gasteiger partial charge in [-0.3, -0.25) is 0 Å². The highest BCUT2D eigenvalue weighted by Crippen LogP contribution is 2.31. The molecule has 0 aliphatic heterocycles. The molecule has 0 spiro atoms. The molecule has 1 aromatic heterocycles. The van der Waals surface area contributed by atoms with E-state index in [1.54, 1.807) is 0 Å². The molecule has 112 valence electrons. The second-order valence-corrected chi connectivity index (χ2v) is 5.61. The van der Waals surface area contributed by atoms with E-state index >= 15 is 0 Å². The summed E-state index contributed by atoms with van der Waals surface area (Å²) in [6.45, 7) is 2.11. The third-order valence-corrected chi connectivity index (χ3v) is 3.85. The maximum absolute atomic E-state index is 12.7. The molecule has 1 heterocycles. The van der Waals surface area contributed by atoms with Crippen LogP contribution in [-0.2, 0) is 6.18 Å². The quantitative estimate of drug-likeness (QED) is 0.644. The molecule has 1 aliphatic rings. The van der Waals surface area contributed by atoms with Crippen LogP contribution in [0.5, 0.6) is 0 Å². The van der Waals surface area contributed by atoms with Crippen LogP contribution < -0.4 is 5.32 Å². The molecule has 2 atom stereocenters. The average Bonchev–Trinajstić information content (AvgIpc) is 2.53. The number of anilines is 1. The van der Waals surface area contributed by atoms with E-state index in [2.05, 4.69) is 22.2 Å². The van der Waals surface area contributed by atoms with Crippen molar-refractivity contribution in [3.63, 3.8) is 0 Å². The van der Waals surface area contributed by atoms with Gasteiger partial charge in [0.2, 0.25) is 5.28 Å². The van der Waals surface area contributed by atoms with Gasteiger partial charge in [0.1, 0.15) is 5.82 Å². The van der Waals surface area contributed by atoms with E-state index < -0.39 is 11.9 Å². The zero-order chi connectivity index (χ0) is 14.8. The predicted molar refractivity (Wildman–Crippen MR) is 71.7 cm³/mol. The number of aromatic nitrogens is 2. The zero-order valence-electron chi connectivity index (χ0n) is 11.2. The van der Waals surface area contributed by atoms with Crippen LogP contribution in [0.15, 0.2) is 6.07 Å². The van der Waals surface area contributed by atoms with Gasteiger partial charge < -0.3 is 5.32 Å². The standard InChI is InChI=1S/C13H17ClF3N3/c1-8-5-3-2-4-6-9(8)18-11-7-10(13(15,16)17)19-12(14)20-11/h7-9H,2-6H2,1H3,(H,18,19,20). The summed E-state index contributed by atoms with van der Waals surface area (Å²) in [5.74, 6) is 0.552. The van der Waals surface area contributed by atoms with Crippen molar-refractivity contribution in [2.75, 3.05) is 5.32 Å². The van der Waals surface area contributed by atoms with Gasteiger partial charge in [-0.15, -0.1) is 0 Å². The number of nitrogens with zero attached hydrogens (tertiary/aromatic N) is 2. The van der Waals surface area contributed by atoms with Crippen LogP contribution in [0.2, 0.25) is 5.28 Å². The van der Waals surface area contributed by atoms with Crippen molar-refractivity contribution < 1.29 is 13.2 Å². The molecule has 7 heteroatoms. The lowest BCUT2D eigenvalue weighted by Gasteiger charge is -2.23. The highest BCUT2D eigenvalue weighted by atomic mass is 35.5. The molecule has 1 aromatic rings. The second-order valence-electron chi connectivity index (χ2n) is 5.27. The van der Waals surface area contributed by atoms with Gasteiger partial charge in [-0.25, -0.2) is 9.97 Å². The van der Waals surface area contributed by atoms with Gasteiger partial charge in [-0.05, 0) is 30.4 Å². The summed E-state index contributed by atoms with van der Waals surface area (Å²) in [4.78, 5) is 7.07. The lowest BCUT2D eigenvalue weighted by molar-refractivity contribution is -0.141. The van der Waals surface area contributed by atoms with Crippen molar-refractivity contribution in [1.82, 2.24) is 9.97 Å². The molecule has 3 nitrogen and oxygen atoms in total. The molecule has 0 aromatic carbocycles. The largest absolute Gasteiger partial charge is 0.433 e. The van der Waals surface area contributed by atoms with Gasteiger partial charge in [0.15, 0.2) is 5.69 Å². The van der Waals surface area contributed by atoms with Crippen molar-refractivity contribution >= 4 is 17.4 Å². The lowest BCUT2D eigenvalue weighted by atomic mass is 9.97. The van der Waals surface area contributed by atoms with E-state index in [1.807, 2.05) is 0 Å². The van der Waals surface area contributed by atoms with Crippen LogP contribution in [0.25, 0.3) is 0 Å². The highest BCUT2D eigenvalue weighted by molar-refractivity contribution is 6.28. The number of alkyl halides is 3. The van der Waals surface area contributed by atoms with Crippen LogP contribution in [0.4, 0.5) is 19.0 Å². The van der Waals surface area contributed by atoms with Crippen LogP contribution in [0.1, 0.15) is 44.7 Å². The number of rotatable bonds is 2. The molecular weight excluding hydrogens is 291 g/mol. The smallest absolute Gasteiger partial charge is 0.367 e. The molecule has 0 amide bonds. The minimum absolute atomic E-state index is 0.129. The first kappa shape index (κ1) is 15.4. The molecule has 1 aliphatic carbocycles. The minimum atomic E-state index is -4.52. The third kappa shape index (κ3) is 3.98. The highest BCUT2D eigenvalue weighted by Gasteiger charge is 2.34. The van der Waals surface area contributed by atoms with E-state index in [-0.39, 0.29) is 17.1 Å². The van der Waals surface area contributed by atoms with Gasteiger partial charge in [0, 0.05) is 12.1 Å². The van der Waals surface area contributed by atoms with Crippen LogP contribution in [0, 0.1) is 5.92 Å². The fourth-order valence-corrected chi connectivity index (χ4v) is 2.72. The first-order valence-electron chi connectivity index (χ1n) is 6.74. The van der Waals surface area contributed by atoms with E-state index in [0.29, 0.717) is 5.92 Å². The molecule has 0 saturated heterocycles. The normalized spacial score (nSPS) is 24.2. The third-order valence-electron chi connectivity index (χ3n) is 3.68. The maximum Gasteiger partial charge on any atom is 0.433 e. The van der Waals surface area contributed by atoms with E-state index in [4.69, 9.17) is 11.6 Å². The summed E-state index contributed by atoms with van der Waals surface area (Å²) in [6.07, 6.45) is 0.899. The fraction of sp³-hybridized carbons (Fsp3) is 0.692. The van der Waals surface area contributed by atoms with Crippen molar-refractivity contribution in [2.24, 2.45) is 5.92 Å². The molecule has 2 rings (SSSR count). The van der Waals surface area contributed by atoms with E-state index in [1.165, 1.54) is 6.42 Å². The summed E-state index contributed by atoms with van der Waals surface area (Å²) in [6, 6.07) is 1.05. The van der Waals surface area contributed by atoms with Gasteiger partial charge >= 0.3 is 6.18 Å². The lowest BCUT2D eigenvalue weighted by Crippen LogP contribution is -2.27. The number of hydrogen-bond acceptors (Lipinski definition) is 3. The number of nitrogens with one attached hydrogen (secondary N) is 1. The minimum Gasteiger partial charge on any atom is -0.367 e. The van der Waals surface area contributed by atoms with Crippen LogP contribution in [0.3, 0.4) is 0 Å². The first-order chi connectivity index (χ1) is 9.36. The Hall–Kier alpha value is -1.04. The SMILES string of the molecule is CC1CCCCCC1Nc1cc(C(F)(F)F)nc(Cl)n1. The Kier molecular flexibility index (Phi) is 4.73. The van der Waals surface area contributed by atoms with Gasteiger partial charge in [-0.1, -0.05) is 26.2 Å². The molecule has 1 saturated carbocycles. The van der Waals surface area contributed by atoms with Crippen molar-refractivity contribution in [2.45, 2.75) is 51.2 Å². The molecule has 1 fully saturated rings. The average molecular weight is 308 g/mol. The molecule has 0 bridgehead atoms. The predicted octanol–water partition coefficient (Wildman–Crippen LogP) is 4.53. The molecule has 20 heavy (non-hydrogen) atoms. The summed E-state index contributed by atoms with van der Waals surface area (Å²) in [7, 11) is 0. The van der Waals surface area contributed by atoms with Crippen molar-refractivity contribution in [1.29, 1.82) is 0 Å². The number of hydrogen-bond donors (Lipinski definition) is 1. The van der Waals surface area contributed by atoms with Gasteiger partial charge in [0.05, 0.1) is 0 Å². The summed E-state index contributed by atoms with van der Waals surface area (Å²) in [5, 5.41) is 2.70. The Balaban J connectivity index is 2.18. The fourth-order valence-electron chi connectivity index (χ4n) is 2.53. The Morgan fingerprint density at radius 3 is 2.60 bits per heavy atom. The summed E-state index contributed by atoms with van der Waals surface area (Å²) in [5.41, 5.74) is -1.01. The van der Waals surface area contributed by atoms with Crippen LogP contribution in [-0.4, -0.2) is 16.0 Å². The Labute approximate surface area is 120 Å². The van der Waals surface area contributed by atoms with Crippen LogP contribution >= 0.6 is 11.6 Å². The van der Waals surface area contributed by atoms with E-state index in [0.717, 1.165) is 31.7 Å². The maximum atomic E-state index is 12.7. The van der Waals surface area contributed by atoms with E-state index in [9.17, 15) is 13.2 Å². The molecule has 1 N–H and O–H groups in total. The second kappa shape index (κ2) is 6.16. The van der Waals surface area contributed by atoms with Crippen molar-refractivity contribution in [3.8, 4) is 0 Å². The number of halogens is 4. The van der Waals surface area contributed by atoms with Crippen molar-refractivity contribution in [3.05, 3.63) is 17.0 Å². The topological polar surface area (TPSA) is 37.8 Å². The molecular formula is C13H17ClF3N3. The molecule has 0 radical (unpaired) electrons. The van der Waals surface area contributed by atoms with Gasteiger partial charge in [0.25, 0.3) is 0 Å². The first-order valence-corrected chi connectivity index (χ1v) is 7.12. The summed E-state index contributed by atoms with van der Waals surface area (Å²) >= 11 is 5.58. The Morgan fingerprint density at radius 2 is 1.90 bits per heavy atom.